The summed E-state index contributed by atoms with van der Waals surface area (Å²) in [5.41, 5.74) is 2.08. The predicted octanol–water partition coefficient (Wildman–Crippen LogP) is 1.19. The Balaban J connectivity index is 1.72. The number of hydrogen-bond donors (Lipinski definition) is 1. The normalized spacial score (nSPS) is 40.5. The zero-order valence-electron chi connectivity index (χ0n) is 12.5. The van der Waals surface area contributed by atoms with Crippen molar-refractivity contribution in [2.75, 3.05) is 20.4 Å². The molecule has 4 aliphatic rings. The average Bonchev–Trinajstić information content (AvgIpc) is 3.06. The highest BCUT2D eigenvalue weighted by molar-refractivity contribution is 5.56. The van der Waals surface area contributed by atoms with Crippen molar-refractivity contribution in [1.82, 2.24) is 4.90 Å². The Labute approximate surface area is 129 Å². The summed E-state index contributed by atoms with van der Waals surface area (Å²) in [4.78, 5) is 2.38. The van der Waals surface area contributed by atoms with E-state index in [-0.39, 0.29) is 24.4 Å². The summed E-state index contributed by atoms with van der Waals surface area (Å²) in [7, 11) is 1.75. The largest absolute Gasteiger partial charge is 0.454 e. The number of aliphatic hydroxyl groups excluding tert-OH is 1. The number of benzene rings is 1. The van der Waals surface area contributed by atoms with Crippen LogP contribution < -0.4 is 9.47 Å². The van der Waals surface area contributed by atoms with E-state index in [1.165, 1.54) is 11.1 Å². The number of nitrogens with zero attached hydrogens (tertiary/aromatic N) is 1. The predicted molar refractivity (Wildman–Crippen MR) is 79.0 cm³/mol. The molecule has 0 saturated carbocycles. The molecule has 22 heavy (non-hydrogen) atoms. The fraction of sp³-hybridized carbons (Fsp3) is 0.529. The van der Waals surface area contributed by atoms with Gasteiger partial charge in [0.2, 0.25) is 6.79 Å². The van der Waals surface area contributed by atoms with Gasteiger partial charge in [-0.15, -0.1) is 0 Å². The molecule has 1 unspecified atom stereocenters. The van der Waals surface area contributed by atoms with Gasteiger partial charge in [0.15, 0.2) is 11.5 Å². The zero-order chi connectivity index (χ0) is 14.9. The van der Waals surface area contributed by atoms with Crippen LogP contribution in [0.4, 0.5) is 0 Å². The molecular formula is C17H19NO4. The lowest BCUT2D eigenvalue weighted by Crippen LogP contribution is -2.52. The highest BCUT2D eigenvalue weighted by atomic mass is 16.7. The summed E-state index contributed by atoms with van der Waals surface area (Å²) in [6.45, 7) is 1.83. The van der Waals surface area contributed by atoms with Crippen molar-refractivity contribution in [2.45, 2.75) is 36.6 Å². The van der Waals surface area contributed by atoms with Crippen molar-refractivity contribution in [3.8, 4) is 11.5 Å². The molecule has 1 N–H and O–H groups in total. The first-order chi connectivity index (χ1) is 10.7. The summed E-state index contributed by atoms with van der Waals surface area (Å²) < 4.78 is 16.6. The maximum Gasteiger partial charge on any atom is 0.231 e. The van der Waals surface area contributed by atoms with E-state index in [0.717, 1.165) is 24.5 Å². The smallest absolute Gasteiger partial charge is 0.231 e. The second kappa shape index (κ2) is 4.25. The number of aliphatic hydroxyl groups is 1. The van der Waals surface area contributed by atoms with Crippen LogP contribution in [0, 0.1) is 0 Å². The van der Waals surface area contributed by atoms with Gasteiger partial charge in [-0.3, -0.25) is 4.90 Å². The number of ether oxygens (including phenoxy) is 3. The van der Waals surface area contributed by atoms with Gasteiger partial charge < -0.3 is 19.3 Å². The maximum atomic E-state index is 10.8. The van der Waals surface area contributed by atoms with Gasteiger partial charge in [0.25, 0.3) is 0 Å². The lowest BCUT2D eigenvalue weighted by Gasteiger charge is -2.46. The molecule has 5 nitrogen and oxygen atoms in total. The number of fused-ring (bicyclic) bond motifs is 2. The van der Waals surface area contributed by atoms with Crippen LogP contribution in [-0.4, -0.2) is 48.7 Å². The molecule has 0 aromatic heterocycles. The van der Waals surface area contributed by atoms with E-state index in [1.807, 2.05) is 0 Å². The van der Waals surface area contributed by atoms with Gasteiger partial charge in [-0.25, -0.2) is 0 Å². The van der Waals surface area contributed by atoms with Crippen LogP contribution in [0.25, 0.3) is 0 Å². The quantitative estimate of drug-likeness (QED) is 0.790. The molecule has 3 heterocycles. The molecule has 0 spiro atoms. The lowest BCUT2D eigenvalue weighted by molar-refractivity contribution is 0.0660. The van der Waals surface area contributed by atoms with Crippen LogP contribution in [0.1, 0.15) is 17.5 Å². The van der Waals surface area contributed by atoms with Gasteiger partial charge in [-0.1, -0.05) is 12.2 Å². The van der Waals surface area contributed by atoms with E-state index in [4.69, 9.17) is 14.2 Å². The van der Waals surface area contributed by atoms with Crippen molar-refractivity contribution >= 4 is 0 Å². The molecule has 3 aliphatic heterocycles. The Morgan fingerprint density at radius 3 is 2.95 bits per heavy atom. The van der Waals surface area contributed by atoms with Crippen LogP contribution in [0.15, 0.2) is 24.3 Å². The van der Waals surface area contributed by atoms with Gasteiger partial charge in [-0.2, -0.15) is 0 Å². The van der Waals surface area contributed by atoms with E-state index in [2.05, 4.69) is 29.2 Å². The highest BCUT2D eigenvalue weighted by Crippen LogP contribution is 2.53. The second-order valence-corrected chi connectivity index (χ2v) is 6.63. The molecule has 5 rings (SSSR count). The standard InChI is InChI=1S/C17H19NO4/c1-20-11-2-3-17-12-6-14-13(21-9-22-14)4-10(12)7-18(8-16(17)19)15(17)5-11/h2-4,6,11,15-16,19H,5,7-9H2,1H3/t11-,15-,16-,17-/m0/s1. The monoisotopic (exact) mass is 301 g/mol. The Bertz CT molecular complexity index is 673. The van der Waals surface area contributed by atoms with Crippen molar-refractivity contribution in [1.29, 1.82) is 0 Å². The Hall–Kier alpha value is -1.56. The summed E-state index contributed by atoms with van der Waals surface area (Å²) in [5.74, 6) is 1.61. The molecule has 116 valence electrons. The minimum atomic E-state index is -0.395. The van der Waals surface area contributed by atoms with Crippen molar-refractivity contribution < 1.29 is 19.3 Å². The first-order valence-electron chi connectivity index (χ1n) is 7.79. The fourth-order valence-electron chi connectivity index (χ4n) is 4.69. The molecule has 1 aromatic carbocycles. The van der Waals surface area contributed by atoms with Crippen molar-refractivity contribution in [3.63, 3.8) is 0 Å². The van der Waals surface area contributed by atoms with E-state index in [0.29, 0.717) is 6.54 Å². The summed E-state index contributed by atoms with van der Waals surface area (Å²) in [6, 6.07) is 4.44. The topological polar surface area (TPSA) is 51.2 Å². The molecule has 0 radical (unpaired) electrons. The maximum absolute atomic E-state index is 10.8. The minimum Gasteiger partial charge on any atom is -0.454 e. The lowest BCUT2D eigenvalue weighted by atomic mass is 9.65. The van der Waals surface area contributed by atoms with Crippen LogP contribution in [0.2, 0.25) is 0 Å². The van der Waals surface area contributed by atoms with Crippen LogP contribution in [0.3, 0.4) is 0 Å². The SMILES string of the molecule is CO[C@H]1C=C[C@@]23c4cc5c(cc4CN(C[C@@H]2O)[C@H]3C1)OCO5. The van der Waals surface area contributed by atoms with Crippen molar-refractivity contribution in [2.24, 2.45) is 0 Å². The summed E-state index contributed by atoms with van der Waals surface area (Å²) in [5, 5.41) is 10.8. The fourth-order valence-corrected chi connectivity index (χ4v) is 4.69. The summed E-state index contributed by atoms with van der Waals surface area (Å²) in [6.07, 6.45) is 4.91. The molecule has 1 fully saturated rings. The Morgan fingerprint density at radius 1 is 1.32 bits per heavy atom. The molecule has 1 aliphatic carbocycles. The second-order valence-electron chi connectivity index (χ2n) is 6.63. The molecule has 0 amide bonds. The van der Waals surface area contributed by atoms with E-state index >= 15 is 0 Å². The van der Waals surface area contributed by atoms with Gasteiger partial charge in [0.05, 0.1) is 17.6 Å². The van der Waals surface area contributed by atoms with Crippen LogP contribution >= 0.6 is 0 Å². The molecule has 1 aromatic rings. The zero-order valence-corrected chi connectivity index (χ0v) is 12.5. The third-order valence-corrected chi connectivity index (χ3v) is 5.73. The molecule has 5 atom stereocenters. The third-order valence-electron chi connectivity index (χ3n) is 5.73. The van der Waals surface area contributed by atoms with E-state index in [1.54, 1.807) is 7.11 Å². The third kappa shape index (κ3) is 1.44. The molecule has 2 bridgehead atoms. The number of rotatable bonds is 1. The first-order valence-corrected chi connectivity index (χ1v) is 7.79. The van der Waals surface area contributed by atoms with Gasteiger partial charge in [-0.05, 0) is 29.7 Å². The molecular weight excluding hydrogens is 282 g/mol. The summed E-state index contributed by atoms with van der Waals surface area (Å²) >= 11 is 0. The first kappa shape index (κ1) is 12.9. The van der Waals surface area contributed by atoms with Gasteiger partial charge in [0.1, 0.15) is 0 Å². The van der Waals surface area contributed by atoms with Gasteiger partial charge in [0, 0.05) is 26.2 Å². The van der Waals surface area contributed by atoms with Crippen LogP contribution in [0.5, 0.6) is 11.5 Å². The number of hydrogen-bond acceptors (Lipinski definition) is 5. The minimum absolute atomic E-state index is 0.126. The van der Waals surface area contributed by atoms with E-state index in [9.17, 15) is 5.11 Å². The Morgan fingerprint density at radius 2 is 2.14 bits per heavy atom. The average molecular weight is 301 g/mol. The van der Waals surface area contributed by atoms with Gasteiger partial charge >= 0.3 is 0 Å². The molecule has 1 saturated heterocycles. The Kier molecular flexibility index (Phi) is 2.50. The molecule has 5 heteroatoms. The van der Waals surface area contributed by atoms with Crippen LogP contribution in [-0.2, 0) is 16.7 Å². The number of methoxy groups -OCH3 is 1. The van der Waals surface area contributed by atoms with E-state index < -0.39 is 6.10 Å². The highest BCUT2D eigenvalue weighted by Gasteiger charge is 2.58. The van der Waals surface area contributed by atoms with Crippen molar-refractivity contribution in [3.05, 3.63) is 35.4 Å².